The first-order chi connectivity index (χ1) is 8.49. The van der Waals surface area contributed by atoms with E-state index in [1.165, 1.54) is 0 Å². The van der Waals surface area contributed by atoms with Gasteiger partial charge in [-0.3, -0.25) is 0 Å². The van der Waals surface area contributed by atoms with Crippen LogP contribution in [0.4, 0.5) is 0 Å². The summed E-state index contributed by atoms with van der Waals surface area (Å²) in [6, 6.07) is 6.92. The van der Waals surface area contributed by atoms with Gasteiger partial charge in [0, 0.05) is 6.54 Å². The van der Waals surface area contributed by atoms with Crippen molar-refractivity contribution in [2.24, 2.45) is 5.73 Å². The Morgan fingerprint density at radius 1 is 1.39 bits per heavy atom. The van der Waals surface area contributed by atoms with Crippen molar-refractivity contribution in [1.29, 1.82) is 0 Å². The van der Waals surface area contributed by atoms with Gasteiger partial charge >= 0.3 is 0 Å². The number of aliphatic hydroxyl groups excluding tert-OH is 1. The molecule has 1 unspecified atom stereocenters. The predicted octanol–water partition coefficient (Wildman–Crippen LogP) is 1.12. The van der Waals surface area contributed by atoms with Crippen molar-refractivity contribution >= 4 is 9.84 Å². The lowest BCUT2D eigenvalue weighted by atomic mass is 10.1. The molecule has 4 nitrogen and oxygen atoms in total. The molecule has 0 aliphatic rings. The number of hydrogen-bond acceptors (Lipinski definition) is 4. The van der Waals surface area contributed by atoms with E-state index in [1.54, 1.807) is 18.2 Å². The normalized spacial score (nSPS) is 13.5. The first kappa shape index (κ1) is 15.1. The number of aliphatic hydroxyl groups is 1. The van der Waals surface area contributed by atoms with E-state index < -0.39 is 15.9 Å². The van der Waals surface area contributed by atoms with Gasteiger partial charge in [-0.2, -0.15) is 0 Å². The number of rotatable bonds is 7. The fraction of sp³-hybridized carbons (Fsp3) is 0.538. The second kappa shape index (κ2) is 6.87. The van der Waals surface area contributed by atoms with Gasteiger partial charge in [-0.15, -0.1) is 0 Å². The van der Waals surface area contributed by atoms with E-state index >= 15 is 0 Å². The summed E-state index contributed by atoms with van der Waals surface area (Å²) in [6.07, 6.45) is 1.26. The van der Waals surface area contributed by atoms with Crippen molar-refractivity contribution in [2.75, 3.05) is 12.3 Å². The molecule has 0 saturated carbocycles. The van der Waals surface area contributed by atoms with Gasteiger partial charge in [-0.05, 0) is 37.0 Å². The predicted molar refractivity (Wildman–Crippen MR) is 72.2 cm³/mol. The lowest BCUT2D eigenvalue weighted by molar-refractivity contribution is 0.173. The third-order valence-corrected chi connectivity index (χ3v) is 4.69. The van der Waals surface area contributed by atoms with Gasteiger partial charge in [0.2, 0.25) is 0 Å². The first-order valence-corrected chi connectivity index (χ1v) is 7.84. The van der Waals surface area contributed by atoms with E-state index in [0.717, 1.165) is 5.56 Å². The number of benzene rings is 1. The lowest BCUT2D eigenvalue weighted by Gasteiger charge is -2.09. The van der Waals surface area contributed by atoms with Crippen LogP contribution in [0.15, 0.2) is 29.2 Å². The maximum absolute atomic E-state index is 11.9. The Bertz CT molecular complexity index is 471. The third-order valence-electron chi connectivity index (χ3n) is 2.77. The number of hydrogen-bond donors (Lipinski definition) is 2. The molecule has 1 rings (SSSR count). The van der Waals surface area contributed by atoms with E-state index in [-0.39, 0.29) is 12.3 Å². The van der Waals surface area contributed by atoms with Crippen LogP contribution >= 0.6 is 0 Å². The van der Waals surface area contributed by atoms with E-state index in [4.69, 9.17) is 5.73 Å². The minimum Gasteiger partial charge on any atom is -0.392 e. The van der Waals surface area contributed by atoms with Gasteiger partial charge in [-0.1, -0.05) is 19.1 Å². The summed E-state index contributed by atoms with van der Waals surface area (Å²) in [7, 11) is -3.16. The molecule has 0 heterocycles. The van der Waals surface area contributed by atoms with Crippen LogP contribution in [-0.2, 0) is 16.3 Å². The SMILES string of the molecule is CCCS(=O)(=O)c1cccc(CCC(O)CN)c1. The molecule has 0 saturated heterocycles. The Morgan fingerprint density at radius 2 is 2.11 bits per heavy atom. The molecule has 102 valence electrons. The summed E-state index contributed by atoms with van der Waals surface area (Å²) in [4.78, 5) is 0.365. The van der Waals surface area contributed by atoms with Crippen LogP contribution in [0.2, 0.25) is 0 Å². The fourth-order valence-electron chi connectivity index (χ4n) is 1.73. The third kappa shape index (κ3) is 4.40. The number of nitrogens with two attached hydrogens (primary N) is 1. The summed E-state index contributed by atoms with van der Waals surface area (Å²) in [5, 5.41) is 9.39. The Hall–Kier alpha value is -0.910. The Balaban J connectivity index is 2.80. The largest absolute Gasteiger partial charge is 0.392 e. The van der Waals surface area contributed by atoms with Crippen molar-refractivity contribution in [1.82, 2.24) is 0 Å². The molecule has 0 aliphatic carbocycles. The zero-order valence-electron chi connectivity index (χ0n) is 10.7. The topological polar surface area (TPSA) is 80.4 Å². The van der Waals surface area contributed by atoms with E-state index in [1.807, 2.05) is 13.0 Å². The van der Waals surface area contributed by atoms with Crippen molar-refractivity contribution in [2.45, 2.75) is 37.2 Å². The smallest absolute Gasteiger partial charge is 0.178 e. The Kier molecular flexibility index (Phi) is 5.78. The van der Waals surface area contributed by atoms with Crippen LogP contribution in [0.5, 0.6) is 0 Å². The van der Waals surface area contributed by atoms with E-state index in [0.29, 0.717) is 24.2 Å². The fourth-order valence-corrected chi connectivity index (χ4v) is 3.12. The highest BCUT2D eigenvalue weighted by atomic mass is 32.2. The molecule has 18 heavy (non-hydrogen) atoms. The maximum atomic E-state index is 11.9. The monoisotopic (exact) mass is 271 g/mol. The Morgan fingerprint density at radius 3 is 2.72 bits per heavy atom. The minimum absolute atomic E-state index is 0.169. The van der Waals surface area contributed by atoms with Crippen molar-refractivity contribution in [3.05, 3.63) is 29.8 Å². The van der Waals surface area contributed by atoms with Crippen molar-refractivity contribution in [3.63, 3.8) is 0 Å². The lowest BCUT2D eigenvalue weighted by Crippen LogP contribution is -2.20. The van der Waals surface area contributed by atoms with Gasteiger partial charge in [0.25, 0.3) is 0 Å². The van der Waals surface area contributed by atoms with Gasteiger partial charge in [0.15, 0.2) is 9.84 Å². The maximum Gasteiger partial charge on any atom is 0.178 e. The molecule has 0 spiro atoms. The molecular formula is C13H21NO3S. The average Bonchev–Trinajstić information content (AvgIpc) is 2.36. The molecule has 3 N–H and O–H groups in total. The van der Waals surface area contributed by atoms with Gasteiger partial charge in [0.05, 0.1) is 16.8 Å². The second-order valence-electron chi connectivity index (χ2n) is 4.39. The molecule has 5 heteroatoms. The molecule has 0 fully saturated rings. The van der Waals surface area contributed by atoms with E-state index in [9.17, 15) is 13.5 Å². The average molecular weight is 271 g/mol. The summed E-state index contributed by atoms with van der Waals surface area (Å²) in [5.41, 5.74) is 6.25. The minimum atomic E-state index is -3.16. The number of aryl methyl sites for hydroxylation is 1. The molecule has 1 aromatic carbocycles. The quantitative estimate of drug-likeness (QED) is 0.779. The molecule has 0 aliphatic heterocycles. The molecule has 0 radical (unpaired) electrons. The molecule has 1 atom stereocenters. The van der Waals surface area contributed by atoms with Crippen LogP contribution in [0.3, 0.4) is 0 Å². The van der Waals surface area contributed by atoms with Crippen LogP contribution in [-0.4, -0.2) is 31.9 Å². The summed E-state index contributed by atoms with van der Waals surface area (Å²) in [5.74, 6) is 0.169. The highest BCUT2D eigenvalue weighted by Crippen LogP contribution is 2.15. The van der Waals surface area contributed by atoms with E-state index in [2.05, 4.69) is 0 Å². The highest BCUT2D eigenvalue weighted by molar-refractivity contribution is 7.91. The first-order valence-electron chi connectivity index (χ1n) is 6.19. The molecule has 0 bridgehead atoms. The van der Waals surface area contributed by atoms with Crippen molar-refractivity contribution < 1.29 is 13.5 Å². The standard InChI is InChI=1S/C13H21NO3S/c1-2-8-18(16,17)13-5-3-4-11(9-13)6-7-12(15)10-14/h3-5,9,12,15H,2,6-8,10,14H2,1H3. The Labute approximate surface area is 109 Å². The summed E-state index contributed by atoms with van der Waals surface area (Å²) >= 11 is 0. The molecule has 1 aromatic rings. The summed E-state index contributed by atoms with van der Waals surface area (Å²) < 4.78 is 23.8. The second-order valence-corrected chi connectivity index (χ2v) is 6.50. The zero-order valence-corrected chi connectivity index (χ0v) is 11.5. The highest BCUT2D eigenvalue weighted by Gasteiger charge is 2.13. The zero-order chi connectivity index (χ0) is 13.6. The van der Waals surface area contributed by atoms with Crippen LogP contribution in [0.1, 0.15) is 25.3 Å². The number of sulfone groups is 1. The van der Waals surface area contributed by atoms with Crippen LogP contribution in [0.25, 0.3) is 0 Å². The van der Waals surface area contributed by atoms with Crippen molar-refractivity contribution in [3.8, 4) is 0 Å². The molecular weight excluding hydrogens is 250 g/mol. The summed E-state index contributed by atoms with van der Waals surface area (Å²) in [6.45, 7) is 2.08. The van der Waals surface area contributed by atoms with Gasteiger partial charge in [0.1, 0.15) is 0 Å². The van der Waals surface area contributed by atoms with Crippen LogP contribution in [0, 0.1) is 0 Å². The van der Waals surface area contributed by atoms with Gasteiger partial charge in [-0.25, -0.2) is 8.42 Å². The van der Waals surface area contributed by atoms with Crippen LogP contribution < -0.4 is 5.73 Å². The molecule has 0 aromatic heterocycles. The molecule has 0 amide bonds. The van der Waals surface area contributed by atoms with Gasteiger partial charge < -0.3 is 10.8 Å².